The van der Waals surface area contributed by atoms with E-state index in [0.29, 0.717) is 105 Å². The molecule has 4 aromatic rings. The summed E-state index contributed by atoms with van der Waals surface area (Å²) >= 11 is 6.59. The van der Waals surface area contributed by atoms with Gasteiger partial charge in [0.15, 0.2) is 11.5 Å². The van der Waals surface area contributed by atoms with Crippen molar-refractivity contribution in [2.24, 2.45) is 16.6 Å². The fourth-order valence-corrected chi connectivity index (χ4v) is 10.9. The number of hydrogen-bond acceptors (Lipinski definition) is 12. The van der Waals surface area contributed by atoms with Crippen molar-refractivity contribution in [2.75, 3.05) is 56.0 Å². The monoisotopic (exact) mass is 1130 g/mol. The number of carbonyl (C=O) groups is 8. The SMILES string of the molecule is COc1cc2c(cc1OCCCCCC(=O)N1C[C@@H](CCl)c3c1cc(OCc1ccc(NC(=O)[C@H](CCCNC(N)=O)NC(=O)[C@@H](NC(=O)CCCCCN4C(=O)C=CC4=O)C(C)C)cc1)c1ccccc31)N=C[C@@H]1CCCN1C2=O. The lowest BCUT2D eigenvalue weighted by Crippen LogP contribution is -2.54. The first-order valence-electron chi connectivity index (χ1n) is 27.9. The maximum absolute atomic E-state index is 14.0. The van der Waals surface area contributed by atoms with Gasteiger partial charge >= 0.3 is 6.03 Å². The summed E-state index contributed by atoms with van der Waals surface area (Å²) in [6.07, 6.45) is 10.7. The van der Waals surface area contributed by atoms with Gasteiger partial charge in [0, 0.05) is 92.4 Å². The molecule has 4 aromatic carbocycles. The van der Waals surface area contributed by atoms with E-state index in [-0.39, 0.29) is 80.0 Å². The van der Waals surface area contributed by atoms with Crippen LogP contribution in [-0.2, 0) is 35.4 Å². The zero-order chi connectivity index (χ0) is 57.6. The number of ether oxygens (including phenoxy) is 3. The molecule has 430 valence electrons. The Morgan fingerprint density at radius 1 is 0.815 bits per heavy atom. The molecule has 9 amide bonds. The molecule has 21 heteroatoms. The first-order chi connectivity index (χ1) is 39.1. The number of nitrogens with one attached hydrogen (secondary N) is 4. The average molecular weight is 1130 g/mol. The zero-order valence-corrected chi connectivity index (χ0v) is 46.9. The van der Waals surface area contributed by atoms with Crippen LogP contribution in [0.1, 0.15) is 118 Å². The molecule has 1 saturated heterocycles. The van der Waals surface area contributed by atoms with Gasteiger partial charge < -0.3 is 51.0 Å². The van der Waals surface area contributed by atoms with Crippen molar-refractivity contribution >= 4 is 93.0 Å². The molecule has 0 bridgehead atoms. The third kappa shape index (κ3) is 14.9. The number of carbonyl (C=O) groups excluding carboxylic acids is 8. The summed E-state index contributed by atoms with van der Waals surface area (Å²) in [6, 6.07) is 17.7. The number of halogens is 1. The number of methoxy groups -OCH3 is 1. The lowest BCUT2D eigenvalue weighted by atomic mass is 9.95. The van der Waals surface area contributed by atoms with Crippen LogP contribution in [0, 0.1) is 5.92 Å². The fraction of sp³-hybridized carbons (Fsp3) is 0.450. The number of amides is 9. The summed E-state index contributed by atoms with van der Waals surface area (Å²) in [4.78, 5) is 112. The molecule has 8 rings (SSSR count). The first-order valence-corrected chi connectivity index (χ1v) is 28.5. The summed E-state index contributed by atoms with van der Waals surface area (Å²) < 4.78 is 18.3. The van der Waals surface area contributed by atoms with E-state index < -0.39 is 29.9 Å². The Morgan fingerprint density at radius 2 is 1.56 bits per heavy atom. The number of urea groups is 1. The molecular formula is C60H72ClN9O11. The highest BCUT2D eigenvalue weighted by Crippen LogP contribution is 2.46. The molecule has 20 nitrogen and oxygen atoms in total. The van der Waals surface area contributed by atoms with E-state index in [1.165, 1.54) is 12.2 Å². The molecule has 4 aliphatic rings. The first kappa shape index (κ1) is 59.1. The number of benzene rings is 4. The van der Waals surface area contributed by atoms with Gasteiger partial charge in [-0.1, -0.05) is 56.7 Å². The van der Waals surface area contributed by atoms with Crippen molar-refractivity contribution in [1.82, 2.24) is 25.8 Å². The minimum atomic E-state index is -1.04. The van der Waals surface area contributed by atoms with Crippen molar-refractivity contribution in [1.29, 1.82) is 0 Å². The fourth-order valence-electron chi connectivity index (χ4n) is 10.7. The topological polar surface area (TPSA) is 260 Å². The summed E-state index contributed by atoms with van der Waals surface area (Å²) in [7, 11) is 1.55. The van der Waals surface area contributed by atoms with Gasteiger partial charge in [0.2, 0.25) is 23.6 Å². The second-order valence-corrected chi connectivity index (χ2v) is 21.4. The second kappa shape index (κ2) is 27.9. The minimum Gasteiger partial charge on any atom is -0.493 e. The molecule has 4 atom stereocenters. The van der Waals surface area contributed by atoms with Gasteiger partial charge in [-0.3, -0.25) is 43.5 Å². The molecule has 6 N–H and O–H groups in total. The Labute approximate surface area is 476 Å². The number of primary amides is 1. The van der Waals surface area contributed by atoms with Crippen LogP contribution in [0.4, 0.5) is 21.9 Å². The number of nitrogens with zero attached hydrogens (tertiary/aromatic N) is 4. The standard InChI is InChI=1S/C60H72ClN9O11/c1-37(2)56(67-51(71)18-6-4-10-27-69-53(73)24-25-54(69)74)58(76)66-45(17-12-26-63-60(62)78)57(75)65-40-22-20-38(21-23-40)36-81-48-32-47-55(43-16-9-8-15-42(43)48)39(33-61)35-70(47)52(72)19-7-5-11-29-80-50-31-46-44(30-49(50)79-3)59(77)68-28-13-14-41(68)34-64-46/h8-9,15-16,20-25,30-32,34,37,39,41,45,56H,4-7,10-14,17-19,26-29,33,35-36H2,1-3H3,(H,65,75)(H,66,76)(H,67,71)(H3,62,63,78)/t39-,41+,45+,56+/m1/s1. The molecule has 81 heavy (non-hydrogen) atoms. The van der Waals surface area contributed by atoms with E-state index in [9.17, 15) is 38.4 Å². The Kier molecular flexibility index (Phi) is 20.4. The summed E-state index contributed by atoms with van der Waals surface area (Å²) in [5.74, 6) is -0.671. The summed E-state index contributed by atoms with van der Waals surface area (Å²) in [5, 5.41) is 12.8. The lowest BCUT2D eigenvalue weighted by Gasteiger charge is -2.25. The quantitative estimate of drug-likeness (QED) is 0.0211. The summed E-state index contributed by atoms with van der Waals surface area (Å²) in [6.45, 7) is 5.70. The van der Waals surface area contributed by atoms with Gasteiger partial charge in [0.1, 0.15) is 24.4 Å². The van der Waals surface area contributed by atoms with Gasteiger partial charge in [-0.2, -0.15) is 0 Å². The van der Waals surface area contributed by atoms with Crippen molar-refractivity contribution in [3.63, 3.8) is 0 Å². The number of imide groups is 1. The predicted molar refractivity (Wildman–Crippen MR) is 308 cm³/mol. The highest BCUT2D eigenvalue weighted by Gasteiger charge is 2.36. The molecule has 1 fully saturated rings. The van der Waals surface area contributed by atoms with Crippen LogP contribution < -0.4 is 46.1 Å². The van der Waals surface area contributed by atoms with Crippen LogP contribution >= 0.6 is 11.6 Å². The minimum absolute atomic E-state index is 0.000275. The summed E-state index contributed by atoms with van der Waals surface area (Å²) in [5.41, 5.74) is 9.35. The maximum atomic E-state index is 14.0. The van der Waals surface area contributed by atoms with E-state index in [1.807, 2.05) is 58.5 Å². The molecule has 0 spiro atoms. The van der Waals surface area contributed by atoms with Crippen LogP contribution in [0.15, 0.2) is 83.9 Å². The van der Waals surface area contributed by atoms with E-state index in [0.717, 1.165) is 51.7 Å². The van der Waals surface area contributed by atoms with Crippen LogP contribution in [-0.4, -0.2) is 127 Å². The van der Waals surface area contributed by atoms with E-state index >= 15 is 0 Å². The predicted octanol–water partition coefficient (Wildman–Crippen LogP) is 7.55. The van der Waals surface area contributed by atoms with Crippen LogP contribution in [0.25, 0.3) is 10.8 Å². The van der Waals surface area contributed by atoms with Gasteiger partial charge in [-0.05, 0) is 98.4 Å². The highest BCUT2D eigenvalue weighted by atomic mass is 35.5. The lowest BCUT2D eigenvalue weighted by molar-refractivity contribution is -0.137. The Balaban J connectivity index is 0.844. The average Bonchev–Trinajstić information content (AvgIpc) is 4.30. The van der Waals surface area contributed by atoms with Crippen molar-refractivity contribution in [3.8, 4) is 17.2 Å². The van der Waals surface area contributed by atoms with E-state index in [4.69, 9.17) is 31.5 Å². The number of aliphatic imine (C=N–C) groups is 1. The van der Waals surface area contributed by atoms with Gasteiger partial charge in [0.05, 0.1) is 36.7 Å². The third-order valence-electron chi connectivity index (χ3n) is 15.0. The molecule has 0 unspecified atom stereocenters. The Morgan fingerprint density at radius 3 is 2.28 bits per heavy atom. The number of fused-ring (bicyclic) bond motifs is 5. The van der Waals surface area contributed by atoms with Gasteiger partial charge in [-0.15, -0.1) is 11.6 Å². The molecule has 4 heterocycles. The normalized spacial score (nSPS) is 16.9. The number of nitrogens with two attached hydrogens (primary N) is 1. The van der Waals surface area contributed by atoms with Crippen LogP contribution in [0.5, 0.6) is 17.2 Å². The van der Waals surface area contributed by atoms with Crippen LogP contribution in [0.2, 0.25) is 0 Å². The van der Waals surface area contributed by atoms with Gasteiger partial charge in [-0.25, -0.2) is 4.79 Å². The third-order valence-corrected chi connectivity index (χ3v) is 15.4. The molecule has 0 aromatic heterocycles. The second-order valence-electron chi connectivity index (χ2n) is 21.1. The number of hydrogen-bond donors (Lipinski definition) is 5. The molecule has 0 saturated carbocycles. The number of anilines is 2. The number of alkyl halides is 1. The largest absolute Gasteiger partial charge is 0.493 e. The van der Waals surface area contributed by atoms with Crippen molar-refractivity contribution < 1.29 is 52.6 Å². The molecular weight excluding hydrogens is 1060 g/mol. The van der Waals surface area contributed by atoms with E-state index in [2.05, 4.69) is 26.3 Å². The molecule has 4 aliphatic heterocycles. The van der Waals surface area contributed by atoms with Crippen molar-refractivity contribution in [3.05, 3.63) is 95.6 Å². The number of unbranched alkanes of at least 4 members (excludes halogenated alkanes) is 4. The Bertz CT molecular complexity index is 3040. The van der Waals surface area contributed by atoms with Gasteiger partial charge in [0.25, 0.3) is 17.7 Å². The highest BCUT2D eigenvalue weighted by molar-refractivity contribution is 6.19. The maximum Gasteiger partial charge on any atom is 0.312 e. The number of rotatable bonds is 28. The Hall–Kier alpha value is -8.00. The molecule has 0 radical (unpaired) electrons. The van der Waals surface area contributed by atoms with Crippen LogP contribution in [0.3, 0.4) is 0 Å². The molecule has 0 aliphatic carbocycles. The zero-order valence-electron chi connectivity index (χ0n) is 46.1. The van der Waals surface area contributed by atoms with Crippen molar-refractivity contribution in [2.45, 2.75) is 122 Å². The van der Waals surface area contributed by atoms with E-state index in [1.54, 1.807) is 45.2 Å². The smallest absolute Gasteiger partial charge is 0.312 e.